The smallest absolute Gasteiger partial charge is 0.397 e. The van der Waals surface area contributed by atoms with Crippen LogP contribution in [0.2, 0.25) is 0 Å². The van der Waals surface area contributed by atoms with Gasteiger partial charge in [0.05, 0.1) is 42.1 Å². The number of benzene rings is 4. The number of amides is 3. The standard InChI is InChI=1S/C43H38ClF3N4O6/c1-23-4-3-5-29-33(52)13-32-38(37(23)29)26(15-44)18-51(32)40(55)42-19-41(20-42,21-42)22-57-35-12-31-30(11-34(35)56-2)39(54)50-17-25(10-28(50)16-48-31)24-6-8-27(9-7-24)49-36(53)14-43(45,46)47/h3-9,11-13,16-17,26,28,52H,10,14-15,18-22H2,1-2H3,(H,49,53)/t26-,28+,41?,42?/m1/s1. The summed E-state index contributed by atoms with van der Waals surface area (Å²) in [6.07, 6.45) is -0.222. The van der Waals surface area contributed by atoms with Gasteiger partial charge in [0, 0.05) is 65.8 Å². The Morgan fingerprint density at radius 1 is 1.07 bits per heavy atom. The average molecular weight is 799 g/mol. The topological polar surface area (TPSA) is 121 Å². The summed E-state index contributed by atoms with van der Waals surface area (Å²) in [5, 5.41) is 14.9. The van der Waals surface area contributed by atoms with E-state index in [1.54, 1.807) is 47.6 Å². The molecule has 6 aliphatic rings. The second kappa shape index (κ2) is 13.3. The van der Waals surface area contributed by atoms with E-state index in [9.17, 15) is 32.7 Å². The third-order valence-electron chi connectivity index (χ3n) is 12.1. The number of hydrogen-bond donors (Lipinski definition) is 2. The summed E-state index contributed by atoms with van der Waals surface area (Å²) >= 11 is 6.47. The van der Waals surface area contributed by atoms with E-state index >= 15 is 0 Å². The minimum Gasteiger partial charge on any atom is -0.507 e. The number of halogens is 4. The number of rotatable bonds is 9. The van der Waals surface area contributed by atoms with E-state index in [4.69, 9.17) is 21.1 Å². The molecule has 3 saturated carbocycles. The van der Waals surface area contributed by atoms with E-state index in [1.165, 1.54) is 19.2 Å². The van der Waals surface area contributed by atoms with E-state index in [0.717, 1.165) is 38.7 Å². The summed E-state index contributed by atoms with van der Waals surface area (Å²) < 4.78 is 49.7. The van der Waals surface area contributed by atoms with Crippen LogP contribution in [0.3, 0.4) is 0 Å². The van der Waals surface area contributed by atoms with Gasteiger partial charge in [-0.3, -0.25) is 19.4 Å². The van der Waals surface area contributed by atoms with Gasteiger partial charge in [-0.15, -0.1) is 11.6 Å². The fraction of sp³-hybridized carbons (Fsp3) is 0.349. The first kappa shape index (κ1) is 37.0. The molecule has 2 N–H and O–H groups in total. The molecular formula is C43H38ClF3N4O6. The Labute approximate surface area is 330 Å². The number of methoxy groups -OCH3 is 1. The normalized spacial score (nSPS) is 24.2. The van der Waals surface area contributed by atoms with Crippen molar-refractivity contribution in [1.82, 2.24) is 4.90 Å². The summed E-state index contributed by atoms with van der Waals surface area (Å²) in [4.78, 5) is 47.9. The molecule has 2 atom stereocenters. The largest absolute Gasteiger partial charge is 0.507 e. The summed E-state index contributed by atoms with van der Waals surface area (Å²) in [5.74, 6) is -0.0677. The van der Waals surface area contributed by atoms with Gasteiger partial charge in [-0.05, 0) is 72.0 Å². The lowest BCUT2D eigenvalue weighted by Gasteiger charge is -2.69. The molecule has 0 spiro atoms. The lowest BCUT2D eigenvalue weighted by molar-refractivity contribution is -0.215. The number of nitrogens with one attached hydrogen (secondary N) is 1. The molecule has 3 aliphatic carbocycles. The summed E-state index contributed by atoms with van der Waals surface area (Å²) in [6, 6.07) is 16.9. The molecule has 3 amide bonds. The van der Waals surface area contributed by atoms with Crippen molar-refractivity contribution in [3.8, 4) is 17.2 Å². The maximum atomic E-state index is 14.2. The van der Waals surface area contributed by atoms with Crippen molar-refractivity contribution in [3.63, 3.8) is 0 Å². The Bertz CT molecular complexity index is 2430. The second-order valence-electron chi connectivity index (χ2n) is 16.0. The van der Waals surface area contributed by atoms with E-state index in [-0.39, 0.29) is 40.6 Å². The van der Waals surface area contributed by atoms with Crippen LogP contribution in [0.25, 0.3) is 16.3 Å². The van der Waals surface area contributed by atoms with Crippen LogP contribution >= 0.6 is 11.6 Å². The third-order valence-corrected chi connectivity index (χ3v) is 12.5. The predicted octanol–water partition coefficient (Wildman–Crippen LogP) is 8.64. The molecule has 0 unspecified atom stereocenters. The number of phenols is 1. The Kier molecular flexibility index (Phi) is 8.61. The van der Waals surface area contributed by atoms with Gasteiger partial charge >= 0.3 is 6.18 Å². The van der Waals surface area contributed by atoms with Crippen LogP contribution < -0.4 is 19.7 Å². The maximum Gasteiger partial charge on any atom is 0.397 e. The highest BCUT2D eigenvalue weighted by Gasteiger charge is 2.72. The van der Waals surface area contributed by atoms with Gasteiger partial charge in [0.2, 0.25) is 11.8 Å². The molecule has 10 nitrogen and oxygen atoms in total. The number of alkyl halides is 4. The van der Waals surface area contributed by atoms with Crippen LogP contribution in [0.1, 0.15) is 65.1 Å². The lowest BCUT2D eigenvalue weighted by atomic mass is 9.35. The molecule has 2 bridgehead atoms. The highest BCUT2D eigenvalue weighted by Crippen LogP contribution is 2.74. The number of anilines is 2. The van der Waals surface area contributed by atoms with Crippen LogP contribution in [-0.4, -0.2) is 72.3 Å². The second-order valence-corrected chi connectivity index (χ2v) is 16.4. The first-order valence-corrected chi connectivity index (χ1v) is 19.3. The number of carbonyl (C=O) groups excluding carboxylic acids is 3. The fourth-order valence-corrected chi connectivity index (χ4v) is 9.89. The number of aryl methyl sites for hydroxylation is 1. The Morgan fingerprint density at radius 3 is 2.53 bits per heavy atom. The van der Waals surface area contributed by atoms with Crippen molar-refractivity contribution < 1.29 is 42.1 Å². The third kappa shape index (κ3) is 6.18. The summed E-state index contributed by atoms with van der Waals surface area (Å²) in [5.41, 5.74) is 4.73. The van der Waals surface area contributed by atoms with E-state index in [0.29, 0.717) is 67.5 Å². The molecule has 3 heterocycles. The van der Waals surface area contributed by atoms with Gasteiger partial charge in [-0.2, -0.15) is 13.2 Å². The van der Waals surface area contributed by atoms with Crippen molar-refractivity contribution in [3.05, 3.63) is 89.1 Å². The Morgan fingerprint density at radius 2 is 1.82 bits per heavy atom. The van der Waals surface area contributed by atoms with Crippen LogP contribution in [-0.2, 0) is 9.59 Å². The quantitative estimate of drug-likeness (QED) is 0.164. The van der Waals surface area contributed by atoms with Gasteiger partial charge in [0.15, 0.2) is 11.5 Å². The number of aromatic hydroxyl groups is 1. The number of fused-ring (bicyclic) bond motifs is 5. The zero-order chi connectivity index (χ0) is 40.0. The molecule has 14 heteroatoms. The molecule has 0 saturated heterocycles. The summed E-state index contributed by atoms with van der Waals surface area (Å²) in [7, 11) is 1.50. The van der Waals surface area contributed by atoms with Gasteiger partial charge in [-0.1, -0.05) is 30.3 Å². The number of carbonyl (C=O) groups is 3. The van der Waals surface area contributed by atoms with Crippen LogP contribution in [0.4, 0.5) is 30.2 Å². The molecule has 4 aromatic rings. The number of hydrogen-bond acceptors (Lipinski definition) is 7. The van der Waals surface area contributed by atoms with E-state index in [1.807, 2.05) is 30.0 Å². The Hall–Kier alpha value is -5.56. The maximum absolute atomic E-state index is 14.2. The van der Waals surface area contributed by atoms with Crippen LogP contribution in [0, 0.1) is 17.8 Å². The van der Waals surface area contributed by atoms with Gasteiger partial charge in [0.1, 0.15) is 12.2 Å². The van der Waals surface area contributed by atoms with E-state index in [2.05, 4.69) is 10.3 Å². The van der Waals surface area contributed by atoms with Crippen molar-refractivity contribution >= 4 is 68.9 Å². The zero-order valence-electron chi connectivity index (χ0n) is 31.1. The number of ether oxygens (including phenoxy) is 2. The Balaban J connectivity index is 0.865. The minimum absolute atomic E-state index is 0.0391. The van der Waals surface area contributed by atoms with Gasteiger partial charge in [-0.25, -0.2) is 0 Å². The van der Waals surface area contributed by atoms with Crippen LogP contribution in [0.15, 0.2) is 71.9 Å². The van der Waals surface area contributed by atoms with E-state index < -0.39 is 23.9 Å². The van der Waals surface area contributed by atoms with Gasteiger partial charge < -0.3 is 29.7 Å². The van der Waals surface area contributed by atoms with Crippen molar-refractivity contribution in [1.29, 1.82) is 0 Å². The molecule has 3 aliphatic heterocycles. The molecular weight excluding hydrogens is 761 g/mol. The number of phenolic OH excluding ortho intramolecular Hbond substituents is 1. The predicted molar refractivity (Wildman–Crippen MR) is 210 cm³/mol. The molecule has 10 rings (SSSR count). The van der Waals surface area contributed by atoms with Crippen LogP contribution in [0.5, 0.6) is 17.2 Å². The fourth-order valence-electron chi connectivity index (χ4n) is 9.64. The zero-order valence-corrected chi connectivity index (χ0v) is 31.8. The molecule has 4 aromatic carbocycles. The molecule has 0 aromatic heterocycles. The van der Waals surface area contributed by atoms with Gasteiger partial charge in [0.25, 0.3) is 5.91 Å². The minimum atomic E-state index is -4.60. The number of aliphatic imine (C=N–C) groups is 1. The molecule has 294 valence electrons. The van der Waals surface area contributed by atoms with Crippen molar-refractivity contribution in [2.45, 2.75) is 57.2 Å². The average Bonchev–Trinajstić information content (AvgIpc) is 3.70. The first-order valence-electron chi connectivity index (χ1n) is 18.7. The first-order chi connectivity index (χ1) is 27.2. The van der Waals surface area contributed by atoms with Crippen molar-refractivity contribution in [2.75, 3.05) is 36.4 Å². The SMILES string of the molecule is COc1cc2c(cc1OCC13CC(C(=O)N4C[C@@H](CCl)c5c4cc(O)c4cccc(C)c54)(C1)C3)N=C[C@@H]1CC(c3ccc(NC(=O)CC(F)(F)F)cc3)=CN1C2=O. The highest BCUT2D eigenvalue weighted by atomic mass is 35.5. The molecule has 0 radical (unpaired) electrons. The molecule has 3 fully saturated rings. The number of nitrogens with zero attached hydrogens (tertiary/aromatic N) is 3. The highest BCUT2D eigenvalue weighted by molar-refractivity contribution is 6.19. The molecule has 57 heavy (non-hydrogen) atoms. The lowest BCUT2D eigenvalue weighted by Crippen LogP contribution is -2.70. The van der Waals surface area contributed by atoms with Crippen molar-refractivity contribution in [2.24, 2.45) is 15.8 Å². The summed E-state index contributed by atoms with van der Waals surface area (Å²) in [6.45, 7) is 2.85. The monoisotopic (exact) mass is 798 g/mol.